The Morgan fingerprint density at radius 2 is 1.48 bits per heavy atom. The number of carbonyl (C=O) groups excluding carboxylic acids is 1. The first kappa shape index (κ1) is 16.6. The topological polar surface area (TPSA) is 54.0 Å². The molecule has 5 nitrogen and oxygen atoms in total. The van der Waals surface area contributed by atoms with Crippen molar-refractivity contribution < 1.29 is 23.7 Å². The number of fused-ring (bicyclic) bond motifs is 1. The highest BCUT2D eigenvalue weighted by Crippen LogP contribution is 2.27. The van der Waals surface area contributed by atoms with Crippen LogP contribution in [0.15, 0.2) is 60.7 Å². The van der Waals surface area contributed by atoms with E-state index in [-0.39, 0.29) is 6.61 Å². The molecule has 3 aromatic carbocycles. The Morgan fingerprint density at radius 3 is 2.20 bits per heavy atom. The van der Waals surface area contributed by atoms with Crippen molar-refractivity contribution in [3.63, 3.8) is 0 Å². The van der Waals surface area contributed by atoms with Crippen LogP contribution >= 0.6 is 0 Å². The van der Waals surface area contributed by atoms with Gasteiger partial charge in [0.1, 0.15) is 11.5 Å². The molecule has 25 heavy (non-hydrogen) atoms. The monoisotopic (exact) mass is 338 g/mol. The summed E-state index contributed by atoms with van der Waals surface area (Å²) in [4.78, 5) is 12.0. The minimum atomic E-state index is -0.492. The number of benzene rings is 3. The zero-order valence-electron chi connectivity index (χ0n) is 14.0. The normalized spacial score (nSPS) is 10.3. The van der Waals surface area contributed by atoms with Gasteiger partial charge in [0.2, 0.25) is 0 Å². The molecule has 0 fully saturated rings. The molecule has 0 bridgehead atoms. The minimum Gasteiger partial charge on any atom is -0.497 e. The molecule has 0 radical (unpaired) electrons. The first-order valence-corrected chi connectivity index (χ1v) is 7.74. The fourth-order valence-electron chi connectivity index (χ4n) is 2.43. The zero-order chi connectivity index (χ0) is 17.6. The lowest BCUT2D eigenvalue weighted by molar-refractivity contribution is -0.136. The highest BCUT2D eigenvalue weighted by atomic mass is 16.6. The van der Waals surface area contributed by atoms with Crippen LogP contribution in [-0.2, 0) is 4.79 Å². The van der Waals surface area contributed by atoms with Crippen molar-refractivity contribution in [1.29, 1.82) is 0 Å². The quantitative estimate of drug-likeness (QED) is 0.505. The summed E-state index contributed by atoms with van der Waals surface area (Å²) < 4.78 is 21.2. The van der Waals surface area contributed by atoms with E-state index in [9.17, 15) is 4.79 Å². The molecule has 0 N–H and O–H groups in total. The van der Waals surface area contributed by atoms with Gasteiger partial charge in [-0.3, -0.25) is 0 Å². The lowest BCUT2D eigenvalue weighted by Crippen LogP contribution is -2.17. The Morgan fingerprint density at radius 1 is 0.800 bits per heavy atom. The van der Waals surface area contributed by atoms with Gasteiger partial charge in [-0.05, 0) is 47.2 Å². The van der Waals surface area contributed by atoms with Crippen molar-refractivity contribution in [2.75, 3.05) is 20.8 Å². The summed E-state index contributed by atoms with van der Waals surface area (Å²) in [5.74, 6) is 1.76. The fraction of sp³-hybridized carbons (Fsp3) is 0.150. The maximum Gasteiger partial charge on any atom is 0.349 e. The first-order valence-electron chi connectivity index (χ1n) is 7.74. The molecule has 3 aromatic rings. The third-order valence-electron chi connectivity index (χ3n) is 3.67. The van der Waals surface area contributed by atoms with Gasteiger partial charge >= 0.3 is 5.97 Å². The Kier molecular flexibility index (Phi) is 5.04. The predicted molar refractivity (Wildman–Crippen MR) is 94.6 cm³/mol. The molecule has 0 heterocycles. The van der Waals surface area contributed by atoms with E-state index in [1.54, 1.807) is 44.6 Å². The van der Waals surface area contributed by atoms with Crippen molar-refractivity contribution in [2.45, 2.75) is 0 Å². The molecule has 5 heteroatoms. The Hall–Kier alpha value is -3.21. The number of rotatable bonds is 6. The molecular formula is C20H18O5. The van der Waals surface area contributed by atoms with E-state index in [0.717, 1.165) is 16.5 Å². The van der Waals surface area contributed by atoms with Crippen LogP contribution in [0.5, 0.6) is 23.0 Å². The lowest BCUT2D eigenvalue weighted by atomic mass is 10.1. The number of carbonyl (C=O) groups is 1. The summed E-state index contributed by atoms with van der Waals surface area (Å²) in [7, 11) is 3.16. The van der Waals surface area contributed by atoms with E-state index in [2.05, 4.69) is 0 Å². The number of hydrogen-bond donors (Lipinski definition) is 0. The third-order valence-corrected chi connectivity index (χ3v) is 3.67. The van der Waals surface area contributed by atoms with Crippen LogP contribution in [0, 0.1) is 0 Å². The third kappa shape index (κ3) is 4.01. The van der Waals surface area contributed by atoms with Gasteiger partial charge < -0.3 is 18.9 Å². The fourth-order valence-corrected chi connectivity index (χ4v) is 2.43. The Labute approximate surface area is 145 Å². The number of esters is 1. The summed E-state index contributed by atoms with van der Waals surface area (Å²) in [6.07, 6.45) is 0. The molecule has 0 aliphatic carbocycles. The van der Waals surface area contributed by atoms with Gasteiger partial charge in [-0.15, -0.1) is 0 Å². The summed E-state index contributed by atoms with van der Waals surface area (Å²) in [5.41, 5.74) is 0. The highest BCUT2D eigenvalue weighted by Gasteiger charge is 2.09. The summed E-state index contributed by atoms with van der Waals surface area (Å²) in [6, 6.07) is 18.3. The molecule has 0 amide bonds. The molecule has 128 valence electrons. The largest absolute Gasteiger partial charge is 0.497 e. The van der Waals surface area contributed by atoms with Crippen molar-refractivity contribution >= 4 is 16.7 Å². The highest BCUT2D eigenvalue weighted by molar-refractivity contribution is 5.86. The number of para-hydroxylation sites is 2. The van der Waals surface area contributed by atoms with Gasteiger partial charge in [0.15, 0.2) is 18.1 Å². The van der Waals surface area contributed by atoms with Crippen molar-refractivity contribution in [1.82, 2.24) is 0 Å². The van der Waals surface area contributed by atoms with Crippen LogP contribution in [0.25, 0.3) is 10.8 Å². The lowest BCUT2D eigenvalue weighted by Gasteiger charge is -2.10. The maximum atomic E-state index is 12.0. The molecule has 0 saturated heterocycles. The summed E-state index contributed by atoms with van der Waals surface area (Å²) >= 11 is 0. The van der Waals surface area contributed by atoms with Gasteiger partial charge in [-0.25, -0.2) is 4.79 Å². The minimum absolute atomic E-state index is 0.212. The molecule has 0 unspecified atom stereocenters. The molecule has 3 rings (SSSR count). The van der Waals surface area contributed by atoms with E-state index in [4.69, 9.17) is 18.9 Å². The van der Waals surface area contributed by atoms with Crippen molar-refractivity contribution in [3.05, 3.63) is 60.7 Å². The second kappa shape index (κ2) is 7.57. The molecule has 0 spiro atoms. The molecule has 0 aliphatic heterocycles. The molecular weight excluding hydrogens is 320 g/mol. The van der Waals surface area contributed by atoms with Gasteiger partial charge in [-0.1, -0.05) is 24.3 Å². The van der Waals surface area contributed by atoms with Crippen LogP contribution in [0.2, 0.25) is 0 Å². The number of hydrogen-bond acceptors (Lipinski definition) is 5. The van der Waals surface area contributed by atoms with E-state index in [1.807, 2.05) is 30.3 Å². The van der Waals surface area contributed by atoms with Crippen LogP contribution in [-0.4, -0.2) is 26.8 Å². The summed E-state index contributed by atoms with van der Waals surface area (Å²) in [6.45, 7) is -0.212. The first-order chi connectivity index (χ1) is 12.2. The van der Waals surface area contributed by atoms with E-state index < -0.39 is 5.97 Å². The summed E-state index contributed by atoms with van der Waals surface area (Å²) in [5, 5.41) is 1.96. The Bertz CT molecular complexity index is 888. The van der Waals surface area contributed by atoms with Crippen LogP contribution in [0.4, 0.5) is 0 Å². The standard InChI is InChI=1S/C20H18O5/c1-22-16-9-7-14-8-10-17(12-15(14)11-16)25-20(21)13-24-19-6-4-3-5-18(19)23-2/h3-12H,13H2,1-2H3. The van der Waals surface area contributed by atoms with E-state index >= 15 is 0 Å². The second-order valence-electron chi connectivity index (χ2n) is 5.29. The molecule has 0 aromatic heterocycles. The van der Waals surface area contributed by atoms with Gasteiger partial charge in [0.25, 0.3) is 0 Å². The number of ether oxygens (including phenoxy) is 4. The smallest absolute Gasteiger partial charge is 0.349 e. The average molecular weight is 338 g/mol. The van der Waals surface area contributed by atoms with Crippen LogP contribution in [0.3, 0.4) is 0 Å². The molecule has 0 atom stereocenters. The average Bonchev–Trinajstić information content (AvgIpc) is 2.66. The maximum absolute atomic E-state index is 12.0. The van der Waals surface area contributed by atoms with Crippen molar-refractivity contribution in [3.8, 4) is 23.0 Å². The molecule has 0 saturated carbocycles. The second-order valence-corrected chi connectivity index (χ2v) is 5.29. The van der Waals surface area contributed by atoms with Gasteiger partial charge in [-0.2, -0.15) is 0 Å². The van der Waals surface area contributed by atoms with Gasteiger partial charge in [0.05, 0.1) is 14.2 Å². The van der Waals surface area contributed by atoms with E-state index in [0.29, 0.717) is 17.2 Å². The van der Waals surface area contributed by atoms with Crippen molar-refractivity contribution in [2.24, 2.45) is 0 Å². The number of methoxy groups -OCH3 is 2. The van der Waals surface area contributed by atoms with E-state index in [1.165, 1.54) is 0 Å². The predicted octanol–water partition coefficient (Wildman–Crippen LogP) is 3.84. The zero-order valence-corrected chi connectivity index (χ0v) is 14.0. The van der Waals surface area contributed by atoms with Crippen LogP contribution in [0.1, 0.15) is 0 Å². The molecule has 0 aliphatic rings. The van der Waals surface area contributed by atoms with Crippen LogP contribution < -0.4 is 18.9 Å². The Balaban J connectivity index is 1.67. The SMILES string of the molecule is COc1ccc2ccc(OC(=O)COc3ccccc3OC)cc2c1. The van der Waals surface area contributed by atoms with Gasteiger partial charge in [0, 0.05) is 0 Å².